The van der Waals surface area contributed by atoms with Gasteiger partial charge in [-0.25, -0.2) is 4.79 Å². The third-order valence-electron chi connectivity index (χ3n) is 1.66. The van der Waals surface area contributed by atoms with Crippen molar-refractivity contribution in [2.45, 2.75) is 46.1 Å². The monoisotopic (exact) mass is 202 g/mol. The number of rotatable bonds is 6. The van der Waals surface area contributed by atoms with Crippen LogP contribution in [0.4, 0.5) is 0 Å². The lowest BCUT2D eigenvalue weighted by Crippen LogP contribution is -2.26. The van der Waals surface area contributed by atoms with Gasteiger partial charge >= 0.3 is 11.9 Å². The lowest BCUT2D eigenvalue weighted by molar-refractivity contribution is -0.166. The Morgan fingerprint density at radius 3 is 2.43 bits per heavy atom. The molecule has 14 heavy (non-hydrogen) atoms. The topological polar surface area (TPSA) is 52.6 Å². The van der Waals surface area contributed by atoms with Crippen molar-refractivity contribution in [2.75, 3.05) is 6.61 Å². The molecule has 1 unspecified atom stereocenters. The molecule has 0 aliphatic rings. The van der Waals surface area contributed by atoms with Crippen LogP contribution < -0.4 is 0 Å². The molecule has 82 valence electrons. The molecule has 0 rings (SSSR count). The van der Waals surface area contributed by atoms with Gasteiger partial charge in [-0.05, 0) is 20.3 Å². The lowest BCUT2D eigenvalue weighted by Gasteiger charge is -2.11. The molecule has 0 aliphatic carbocycles. The Kier molecular flexibility index (Phi) is 6.80. The predicted octanol–water partition coefficient (Wildman–Crippen LogP) is 1.67. The molecule has 0 aliphatic heterocycles. The van der Waals surface area contributed by atoms with Crippen molar-refractivity contribution in [2.24, 2.45) is 0 Å². The van der Waals surface area contributed by atoms with Gasteiger partial charge in [0.1, 0.15) is 0 Å². The largest absolute Gasteiger partial charge is 0.463 e. The molecule has 0 aromatic rings. The van der Waals surface area contributed by atoms with Crippen molar-refractivity contribution in [3.05, 3.63) is 0 Å². The van der Waals surface area contributed by atoms with Gasteiger partial charge in [-0.2, -0.15) is 0 Å². The van der Waals surface area contributed by atoms with Crippen molar-refractivity contribution in [1.29, 1.82) is 0 Å². The first-order valence-corrected chi connectivity index (χ1v) is 4.97. The summed E-state index contributed by atoms with van der Waals surface area (Å²) in [4.78, 5) is 22.1. The van der Waals surface area contributed by atoms with Gasteiger partial charge in [-0.1, -0.05) is 13.3 Å². The molecule has 0 aromatic carbocycles. The summed E-state index contributed by atoms with van der Waals surface area (Å²) in [6.45, 7) is 5.52. The third kappa shape index (κ3) is 5.56. The molecule has 0 N–H and O–H groups in total. The molecular formula is C10H18O4. The van der Waals surface area contributed by atoms with Crippen LogP contribution in [0.1, 0.15) is 40.0 Å². The summed E-state index contributed by atoms with van der Waals surface area (Å²) >= 11 is 0. The van der Waals surface area contributed by atoms with Crippen LogP contribution in [0, 0.1) is 0 Å². The average Bonchev–Trinajstić information content (AvgIpc) is 2.15. The van der Waals surface area contributed by atoms with E-state index in [0.29, 0.717) is 13.0 Å². The predicted molar refractivity (Wildman–Crippen MR) is 51.7 cm³/mol. The Morgan fingerprint density at radius 1 is 1.29 bits per heavy atom. The minimum Gasteiger partial charge on any atom is -0.463 e. The van der Waals surface area contributed by atoms with Crippen LogP contribution in [0.3, 0.4) is 0 Å². The number of hydrogen-bond acceptors (Lipinski definition) is 4. The third-order valence-corrected chi connectivity index (χ3v) is 1.66. The maximum absolute atomic E-state index is 11.1. The molecule has 0 bridgehead atoms. The summed E-state index contributed by atoms with van der Waals surface area (Å²) in [7, 11) is 0. The van der Waals surface area contributed by atoms with E-state index in [-0.39, 0.29) is 5.97 Å². The second kappa shape index (κ2) is 7.35. The van der Waals surface area contributed by atoms with Crippen LogP contribution in [-0.4, -0.2) is 24.6 Å². The zero-order chi connectivity index (χ0) is 11.0. The van der Waals surface area contributed by atoms with Gasteiger partial charge in [-0.15, -0.1) is 0 Å². The van der Waals surface area contributed by atoms with Gasteiger partial charge in [-0.3, -0.25) is 4.79 Å². The van der Waals surface area contributed by atoms with Crippen LogP contribution in [0.5, 0.6) is 0 Å². The van der Waals surface area contributed by atoms with Crippen LogP contribution in [0.25, 0.3) is 0 Å². The van der Waals surface area contributed by atoms with E-state index in [4.69, 9.17) is 9.47 Å². The van der Waals surface area contributed by atoms with Gasteiger partial charge in [0.2, 0.25) is 0 Å². The minimum atomic E-state index is -0.792. The maximum atomic E-state index is 11.1. The Morgan fingerprint density at radius 2 is 1.93 bits per heavy atom. The normalized spacial score (nSPS) is 11.9. The fraction of sp³-hybridized carbons (Fsp3) is 0.800. The van der Waals surface area contributed by atoms with E-state index in [1.807, 2.05) is 6.92 Å². The summed E-state index contributed by atoms with van der Waals surface area (Å²) in [5.74, 6) is -0.829. The highest BCUT2D eigenvalue weighted by atomic mass is 16.6. The molecule has 0 amide bonds. The molecule has 0 spiro atoms. The summed E-state index contributed by atoms with van der Waals surface area (Å²) < 4.78 is 9.55. The van der Waals surface area contributed by atoms with Gasteiger partial charge in [0.05, 0.1) is 6.61 Å². The van der Waals surface area contributed by atoms with Crippen molar-refractivity contribution in [3.63, 3.8) is 0 Å². The minimum absolute atomic E-state index is 0.301. The number of hydrogen-bond donors (Lipinski definition) is 0. The van der Waals surface area contributed by atoms with Gasteiger partial charge in [0.25, 0.3) is 0 Å². The standard InChI is InChI=1S/C10H18O4/c1-4-6-7-9(11)14-8(3)10(12)13-5-2/h8H,4-7H2,1-3H3. The molecule has 0 aromatic heterocycles. The van der Waals surface area contributed by atoms with E-state index in [1.165, 1.54) is 6.92 Å². The van der Waals surface area contributed by atoms with E-state index >= 15 is 0 Å². The van der Waals surface area contributed by atoms with Crippen molar-refractivity contribution in [1.82, 2.24) is 0 Å². The first kappa shape index (κ1) is 12.9. The molecule has 0 fully saturated rings. The Balaban J connectivity index is 3.75. The lowest BCUT2D eigenvalue weighted by atomic mass is 10.2. The van der Waals surface area contributed by atoms with E-state index in [1.54, 1.807) is 6.92 Å². The Hall–Kier alpha value is -1.06. The van der Waals surface area contributed by atoms with Gasteiger partial charge in [0.15, 0.2) is 6.10 Å². The number of carbonyl (C=O) groups excluding carboxylic acids is 2. The first-order chi connectivity index (χ1) is 6.61. The first-order valence-electron chi connectivity index (χ1n) is 4.97. The van der Waals surface area contributed by atoms with Crippen molar-refractivity contribution >= 4 is 11.9 Å². The molecule has 4 nitrogen and oxygen atoms in total. The highest BCUT2D eigenvalue weighted by Crippen LogP contribution is 2.01. The number of ether oxygens (including phenoxy) is 2. The average molecular weight is 202 g/mol. The number of esters is 2. The molecule has 0 radical (unpaired) electrons. The fourth-order valence-electron chi connectivity index (χ4n) is 0.885. The fourth-order valence-corrected chi connectivity index (χ4v) is 0.885. The highest BCUT2D eigenvalue weighted by Gasteiger charge is 2.17. The van der Waals surface area contributed by atoms with Crippen LogP contribution >= 0.6 is 0 Å². The van der Waals surface area contributed by atoms with E-state index in [9.17, 15) is 9.59 Å². The van der Waals surface area contributed by atoms with Crippen LogP contribution in [0.15, 0.2) is 0 Å². The summed E-state index contributed by atoms with van der Waals surface area (Å²) in [6, 6.07) is 0. The van der Waals surface area contributed by atoms with E-state index in [2.05, 4.69) is 0 Å². The number of carbonyl (C=O) groups is 2. The summed E-state index contributed by atoms with van der Waals surface area (Å²) in [5.41, 5.74) is 0. The maximum Gasteiger partial charge on any atom is 0.347 e. The van der Waals surface area contributed by atoms with Crippen LogP contribution in [-0.2, 0) is 19.1 Å². The highest BCUT2D eigenvalue weighted by molar-refractivity contribution is 5.78. The SMILES string of the molecule is CCCCC(=O)OC(C)C(=O)OCC. The quantitative estimate of drug-likeness (QED) is 0.615. The van der Waals surface area contributed by atoms with E-state index < -0.39 is 12.1 Å². The zero-order valence-corrected chi connectivity index (χ0v) is 9.04. The molecule has 1 atom stereocenters. The Bertz CT molecular complexity index is 189. The second-order valence-electron chi connectivity index (χ2n) is 2.99. The summed E-state index contributed by atoms with van der Waals surface area (Å²) in [5, 5.41) is 0. The molecular weight excluding hydrogens is 184 g/mol. The molecule has 4 heteroatoms. The van der Waals surface area contributed by atoms with Crippen molar-refractivity contribution in [3.8, 4) is 0 Å². The van der Waals surface area contributed by atoms with Gasteiger partial charge in [0, 0.05) is 6.42 Å². The molecule has 0 heterocycles. The van der Waals surface area contributed by atoms with Gasteiger partial charge < -0.3 is 9.47 Å². The van der Waals surface area contributed by atoms with Crippen LogP contribution in [0.2, 0.25) is 0 Å². The van der Waals surface area contributed by atoms with Crippen molar-refractivity contribution < 1.29 is 19.1 Å². The second-order valence-corrected chi connectivity index (χ2v) is 2.99. The number of unbranched alkanes of at least 4 members (excludes halogenated alkanes) is 1. The molecule has 0 saturated heterocycles. The Labute approximate surface area is 84.6 Å². The van der Waals surface area contributed by atoms with E-state index in [0.717, 1.165) is 12.8 Å². The molecule has 0 saturated carbocycles. The summed E-state index contributed by atoms with van der Waals surface area (Å²) in [6.07, 6.45) is 1.29. The smallest absolute Gasteiger partial charge is 0.347 e. The zero-order valence-electron chi connectivity index (χ0n) is 9.04.